The third-order valence-electron chi connectivity index (χ3n) is 3.52. The van der Waals surface area contributed by atoms with Crippen molar-refractivity contribution in [3.05, 3.63) is 53.6 Å². The smallest absolute Gasteiger partial charge is 0.231 e. The Balaban J connectivity index is 1.83. The average Bonchev–Trinajstić information content (AvgIpc) is 3.07. The highest BCUT2D eigenvalue weighted by atomic mass is 16.7. The Morgan fingerprint density at radius 2 is 1.83 bits per heavy atom. The first kappa shape index (κ1) is 15.0. The first-order valence-corrected chi connectivity index (χ1v) is 7.06. The van der Waals surface area contributed by atoms with Gasteiger partial charge in [0.25, 0.3) is 0 Å². The SMILES string of the molecule is COc1ccc(C(=O)C=Cc2ccc3c(c2OC)OCO3)cc1. The van der Waals surface area contributed by atoms with Crippen molar-refractivity contribution in [3.8, 4) is 23.0 Å². The fourth-order valence-corrected chi connectivity index (χ4v) is 2.32. The predicted octanol–water partition coefficient (Wildman–Crippen LogP) is 3.33. The molecule has 0 spiro atoms. The summed E-state index contributed by atoms with van der Waals surface area (Å²) in [6.07, 6.45) is 3.20. The van der Waals surface area contributed by atoms with E-state index < -0.39 is 0 Å². The molecule has 0 bridgehead atoms. The maximum atomic E-state index is 12.2. The molecule has 0 atom stereocenters. The van der Waals surface area contributed by atoms with Crippen molar-refractivity contribution in [2.45, 2.75) is 0 Å². The fraction of sp³-hybridized carbons (Fsp3) is 0.167. The maximum Gasteiger partial charge on any atom is 0.231 e. The standard InChI is InChI=1S/C18H16O5/c1-20-14-7-3-12(4-8-14)15(19)9-5-13-6-10-16-18(17(13)21-2)23-11-22-16/h3-10H,11H2,1-2H3. The summed E-state index contributed by atoms with van der Waals surface area (Å²) in [5, 5.41) is 0. The molecule has 1 aliphatic rings. The second-order valence-electron chi connectivity index (χ2n) is 4.85. The molecular formula is C18H16O5. The number of methoxy groups -OCH3 is 2. The summed E-state index contributed by atoms with van der Waals surface area (Å²) in [5.41, 5.74) is 1.33. The number of fused-ring (bicyclic) bond motifs is 1. The van der Waals surface area contributed by atoms with Gasteiger partial charge in [-0.25, -0.2) is 0 Å². The summed E-state index contributed by atoms with van der Waals surface area (Å²) in [5.74, 6) is 2.36. The minimum absolute atomic E-state index is 0.104. The Labute approximate surface area is 134 Å². The van der Waals surface area contributed by atoms with Crippen molar-refractivity contribution in [1.29, 1.82) is 0 Å². The highest BCUT2D eigenvalue weighted by Crippen LogP contribution is 2.43. The van der Waals surface area contributed by atoms with Crippen LogP contribution in [0.1, 0.15) is 15.9 Å². The molecule has 0 radical (unpaired) electrons. The van der Waals surface area contributed by atoms with Gasteiger partial charge in [0.1, 0.15) is 5.75 Å². The quantitative estimate of drug-likeness (QED) is 0.626. The van der Waals surface area contributed by atoms with Gasteiger partial charge in [-0.15, -0.1) is 0 Å². The van der Waals surface area contributed by atoms with Gasteiger partial charge in [0.2, 0.25) is 12.5 Å². The maximum absolute atomic E-state index is 12.2. The molecule has 5 nitrogen and oxygen atoms in total. The molecule has 2 aromatic rings. The largest absolute Gasteiger partial charge is 0.497 e. The number of hydrogen-bond acceptors (Lipinski definition) is 5. The first-order valence-electron chi connectivity index (χ1n) is 7.06. The van der Waals surface area contributed by atoms with E-state index in [9.17, 15) is 4.79 Å². The van der Waals surface area contributed by atoms with Crippen LogP contribution in [0.25, 0.3) is 6.08 Å². The normalized spacial score (nSPS) is 12.4. The van der Waals surface area contributed by atoms with Gasteiger partial charge in [0.15, 0.2) is 17.3 Å². The number of carbonyl (C=O) groups is 1. The van der Waals surface area contributed by atoms with Crippen LogP contribution in [0.2, 0.25) is 0 Å². The summed E-state index contributed by atoms with van der Waals surface area (Å²) in [6.45, 7) is 0.170. The van der Waals surface area contributed by atoms with Gasteiger partial charge >= 0.3 is 0 Å². The molecule has 0 N–H and O–H groups in total. The van der Waals surface area contributed by atoms with Gasteiger partial charge in [0.05, 0.1) is 14.2 Å². The molecule has 23 heavy (non-hydrogen) atoms. The minimum Gasteiger partial charge on any atom is -0.497 e. The summed E-state index contributed by atoms with van der Waals surface area (Å²) in [7, 11) is 3.14. The fourth-order valence-electron chi connectivity index (χ4n) is 2.32. The van der Waals surface area contributed by atoms with Crippen LogP contribution >= 0.6 is 0 Å². The molecule has 0 aliphatic carbocycles. The Kier molecular flexibility index (Phi) is 4.19. The number of benzene rings is 2. The molecule has 3 rings (SSSR count). The topological polar surface area (TPSA) is 54.0 Å². The molecular weight excluding hydrogens is 296 g/mol. The van der Waals surface area contributed by atoms with Crippen LogP contribution in [0.5, 0.6) is 23.0 Å². The third-order valence-corrected chi connectivity index (χ3v) is 3.52. The Morgan fingerprint density at radius 3 is 2.52 bits per heavy atom. The molecule has 0 saturated carbocycles. The van der Waals surface area contributed by atoms with Crippen molar-refractivity contribution in [1.82, 2.24) is 0 Å². The molecule has 0 amide bonds. The zero-order valence-electron chi connectivity index (χ0n) is 12.9. The number of carbonyl (C=O) groups excluding carboxylic acids is 1. The average molecular weight is 312 g/mol. The van der Waals surface area contributed by atoms with Crippen molar-refractivity contribution in [2.75, 3.05) is 21.0 Å². The molecule has 2 aromatic carbocycles. The second kappa shape index (κ2) is 6.44. The number of allylic oxidation sites excluding steroid dienone is 1. The number of ketones is 1. The molecule has 0 unspecified atom stereocenters. The molecule has 5 heteroatoms. The lowest BCUT2D eigenvalue weighted by Crippen LogP contribution is -1.95. The van der Waals surface area contributed by atoms with E-state index in [1.165, 1.54) is 6.08 Å². The Hall–Kier alpha value is -2.95. The highest BCUT2D eigenvalue weighted by molar-refractivity contribution is 6.07. The van der Waals surface area contributed by atoms with Crippen LogP contribution in [0.15, 0.2) is 42.5 Å². The third kappa shape index (κ3) is 2.99. The van der Waals surface area contributed by atoms with Crippen molar-refractivity contribution in [2.24, 2.45) is 0 Å². The van der Waals surface area contributed by atoms with E-state index in [0.717, 1.165) is 5.56 Å². The van der Waals surface area contributed by atoms with Gasteiger partial charge in [-0.2, -0.15) is 0 Å². The summed E-state index contributed by atoms with van der Waals surface area (Å²) >= 11 is 0. The highest BCUT2D eigenvalue weighted by Gasteiger charge is 2.20. The van der Waals surface area contributed by atoms with Gasteiger partial charge < -0.3 is 18.9 Å². The lowest BCUT2D eigenvalue weighted by Gasteiger charge is -2.08. The van der Waals surface area contributed by atoms with Gasteiger partial charge in [-0.3, -0.25) is 4.79 Å². The van der Waals surface area contributed by atoms with Crippen LogP contribution in [-0.4, -0.2) is 26.8 Å². The molecule has 118 valence electrons. The first-order chi connectivity index (χ1) is 11.2. The predicted molar refractivity (Wildman–Crippen MR) is 85.5 cm³/mol. The summed E-state index contributed by atoms with van der Waals surface area (Å²) in [4.78, 5) is 12.2. The van der Waals surface area contributed by atoms with Crippen LogP contribution in [0.3, 0.4) is 0 Å². The number of hydrogen-bond donors (Lipinski definition) is 0. The van der Waals surface area contributed by atoms with E-state index in [2.05, 4.69) is 0 Å². The van der Waals surface area contributed by atoms with Crippen LogP contribution in [0.4, 0.5) is 0 Å². The number of rotatable bonds is 5. The van der Waals surface area contributed by atoms with Gasteiger partial charge in [-0.1, -0.05) is 0 Å². The van der Waals surface area contributed by atoms with E-state index in [1.807, 2.05) is 6.07 Å². The van der Waals surface area contributed by atoms with Crippen LogP contribution < -0.4 is 18.9 Å². The molecule has 0 fully saturated rings. The van der Waals surface area contributed by atoms with E-state index in [1.54, 1.807) is 50.6 Å². The van der Waals surface area contributed by atoms with Crippen molar-refractivity contribution in [3.63, 3.8) is 0 Å². The zero-order chi connectivity index (χ0) is 16.2. The minimum atomic E-state index is -0.104. The lowest BCUT2D eigenvalue weighted by molar-refractivity contribution is 0.104. The van der Waals surface area contributed by atoms with Gasteiger partial charge in [0, 0.05) is 11.1 Å². The molecule has 0 saturated heterocycles. The molecule has 0 aromatic heterocycles. The second-order valence-corrected chi connectivity index (χ2v) is 4.85. The van der Waals surface area contributed by atoms with Crippen LogP contribution in [-0.2, 0) is 0 Å². The van der Waals surface area contributed by atoms with E-state index >= 15 is 0 Å². The summed E-state index contributed by atoms with van der Waals surface area (Å²) < 4.78 is 21.2. The zero-order valence-corrected chi connectivity index (χ0v) is 12.9. The van der Waals surface area contributed by atoms with E-state index in [-0.39, 0.29) is 12.6 Å². The lowest BCUT2D eigenvalue weighted by atomic mass is 10.1. The monoisotopic (exact) mass is 312 g/mol. The molecule has 1 aliphatic heterocycles. The van der Waals surface area contributed by atoms with Gasteiger partial charge in [-0.05, 0) is 48.6 Å². The number of ether oxygens (including phenoxy) is 4. The van der Waals surface area contributed by atoms with E-state index in [0.29, 0.717) is 28.6 Å². The van der Waals surface area contributed by atoms with Crippen molar-refractivity contribution >= 4 is 11.9 Å². The van der Waals surface area contributed by atoms with Crippen molar-refractivity contribution < 1.29 is 23.7 Å². The summed E-state index contributed by atoms with van der Waals surface area (Å²) in [6, 6.07) is 10.6. The Morgan fingerprint density at radius 1 is 1.04 bits per heavy atom. The Bertz CT molecular complexity index is 747. The molecule has 1 heterocycles. The van der Waals surface area contributed by atoms with Crippen LogP contribution in [0, 0.1) is 0 Å². The van der Waals surface area contributed by atoms with E-state index in [4.69, 9.17) is 18.9 Å².